The number of cyclic esters (lactones) is 1. The molecule has 1 aromatic rings. The van der Waals surface area contributed by atoms with Crippen molar-refractivity contribution in [2.45, 2.75) is 19.4 Å². The molecule has 0 aliphatic carbocycles. The molecule has 4 heteroatoms. The number of esters is 1. The van der Waals surface area contributed by atoms with Gasteiger partial charge in [0.15, 0.2) is 5.78 Å². The average molecular weight is 194 g/mol. The lowest BCUT2D eigenvalue weighted by atomic mass is 9.97. The van der Waals surface area contributed by atoms with Crippen LogP contribution in [0.4, 0.5) is 0 Å². The van der Waals surface area contributed by atoms with Gasteiger partial charge in [0, 0.05) is 6.42 Å². The molecule has 14 heavy (non-hydrogen) atoms. The van der Waals surface area contributed by atoms with E-state index in [2.05, 4.69) is 0 Å². The van der Waals surface area contributed by atoms with Crippen molar-refractivity contribution in [3.63, 3.8) is 0 Å². The molecule has 0 amide bonds. The molecule has 4 nitrogen and oxygen atoms in total. The summed E-state index contributed by atoms with van der Waals surface area (Å²) < 4.78 is 9.69. The van der Waals surface area contributed by atoms with Crippen LogP contribution in [0.1, 0.15) is 23.7 Å². The van der Waals surface area contributed by atoms with Gasteiger partial charge in [0.1, 0.15) is 18.3 Å². The van der Waals surface area contributed by atoms with Gasteiger partial charge in [0.25, 0.3) is 0 Å². The maximum absolute atomic E-state index is 11.7. The van der Waals surface area contributed by atoms with E-state index >= 15 is 0 Å². The molecule has 2 atom stereocenters. The second kappa shape index (κ2) is 3.29. The molecule has 1 aliphatic heterocycles. The Hall–Kier alpha value is -1.58. The van der Waals surface area contributed by atoms with Crippen molar-refractivity contribution in [3.05, 3.63) is 24.2 Å². The van der Waals surface area contributed by atoms with Crippen molar-refractivity contribution in [3.8, 4) is 0 Å². The molecule has 0 saturated carbocycles. The number of hydrogen-bond donors (Lipinski definition) is 0. The predicted octanol–water partition coefficient (Wildman–Crippen LogP) is 1.41. The Kier molecular flexibility index (Phi) is 2.11. The summed E-state index contributed by atoms with van der Waals surface area (Å²) >= 11 is 0. The maximum Gasteiger partial charge on any atom is 0.317 e. The highest BCUT2D eigenvalue weighted by Crippen LogP contribution is 2.24. The minimum Gasteiger partial charge on any atom is -0.472 e. The summed E-state index contributed by atoms with van der Waals surface area (Å²) in [6.07, 6.45) is 3.06. The third-order valence-electron chi connectivity index (χ3n) is 2.29. The number of carbonyl (C=O) groups is 2. The van der Waals surface area contributed by atoms with Gasteiger partial charge < -0.3 is 9.15 Å². The second-order valence-corrected chi connectivity index (χ2v) is 3.41. The van der Waals surface area contributed by atoms with Crippen LogP contribution < -0.4 is 0 Å². The van der Waals surface area contributed by atoms with Crippen molar-refractivity contribution in [1.29, 1.82) is 0 Å². The topological polar surface area (TPSA) is 56.5 Å². The van der Waals surface area contributed by atoms with Crippen LogP contribution in [0.5, 0.6) is 0 Å². The first-order valence-electron chi connectivity index (χ1n) is 4.45. The van der Waals surface area contributed by atoms with Crippen molar-refractivity contribution in [2.75, 3.05) is 0 Å². The van der Waals surface area contributed by atoms with E-state index in [4.69, 9.17) is 9.15 Å². The van der Waals surface area contributed by atoms with Gasteiger partial charge in [-0.25, -0.2) is 0 Å². The fourth-order valence-electron chi connectivity index (χ4n) is 1.58. The SMILES string of the molecule is C[C@@H]1C[C@H](C(=O)c2ccoc2)C(=O)O1. The van der Waals surface area contributed by atoms with Gasteiger partial charge in [-0.05, 0) is 13.0 Å². The molecule has 0 radical (unpaired) electrons. The van der Waals surface area contributed by atoms with Gasteiger partial charge >= 0.3 is 5.97 Å². The highest BCUT2D eigenvalue weighted by Gasteiger charge is 2.37. The molecule has 0 aromatic carbocycles. The molecule has 0 spiro atoms. The quantitative estimate of drug-likeness (QED) is 0.406. The van der Waals surface area contributed by atoms with Crippen LogP contribution in [0.3, 0.4) is 0 Å². The first-order chi connectivity index (χ1) is 6.68. The average Bonchev–Trinajstić information content (AvgIpc) is 2.73. The minimum atomic E-state index is -0.650. The van der Waals surface area contributed by atoms with Crippen LogP contribution in [-0.2, 0) is 9.53 Å². The van der Waals surface area contributed by atoms with E-state index in [1.165, 1.54) is 12.5 Å². The summed E-state index contributed by atoms with van der Waals surface area (Å²) in [6.45, 7) is 1.78. The second-order valence-electron chi connectivity index (χ2n) is 3.41. The van der Waals surface area contributed by atoms with E-state index in [-0.39, 0.29) is 11.9 Å². The van der Waals surface area contributed by atoms with Crippen molar-refractivity contribution < 1.29 is 18.7 Å². The Labute approximate surface area is 80.8 Å². The normalized spacial score (nSPS) is 26.2. The smallest absolute Gasteiger partial charge is 0.317 e. The Morgan fingerprint density at radius 1 is 1.57 bits per heavy atom. The van der Waals surface area contributed by atoms with Crippen LogP contribution in [-0.4, -0.2) is 17.9 Å². The summed E-state index contributed by atoms with van der Waals surface area (Å²) in [5.41, 5.74) is 0.432. The van der Waals surface area contributed by atoms with Crippen LogP contribution >= 0.6 is 0 Å². The molecular formula is C10H10O4. The molecule has 1 aromatic heterocycles. The van der Waals surface area contributed by atoms with E-state index in [1.807, 2.05) is 0 Å². The van der Waals surface area contributed by atoms with Crippen LogP contribution in [0.2, 0.25) is 0 Å². The number of furan rings is 1. The van der Waals surface area contributed by atoms with Crippen molar-refractivity contribution in [2.24, 2.45) is 5.92 Å². The molecule has 1 saturated heterocycles. The molecule has 0 bridgehead atoms. The Bertz CT molecular complexity index is 352. The minimum absolute atomic E-state index is 0.164. The van der Waals surface area contributed by atoms with E-state index < -0.39 is 11.9 Å². The zero-order chi connectivity index (χ0) is 10.1. The number of carbonyl (C=O) groups excluding carboxylic acids is 2. The zero-order valence-corrected chi connectivity index (χ0v) is 7.73. The lowest BCUT2D eigenvalue weighted by Crippen LogP contribution is -2.18. The van der Waals surface area contributed by atoms with Gasteiger partial charge in [-0.3, -0.25) is 9.59 Å². The summed E-state index contributed by atoms with van der Waals surface area (Å²) in [5.74, 6) is -1.29. The lowest BCUT2D eigenvalue weighted by molar-refractivity contribution is -0.142. The Balaban J connectivity index is 2.17. The fraction of sp³-hybridized carbons (Fsp3) is 0.400. The molecule has 74 valence electrons. The number of Topliss-reactive ketones (excluding diaryl/α,β-unsaturated/α-hetero) is 1. The summed E-state index contributed by atoms with van der Waals surface area (Å²) in [7, 11) is 0. The molecular weight excluding hydrogens is 184 g/mol. The summed E-state index contributed by atoms with van der Waals surface area (Å²) in [6, 6.07) is 1.55. The fourth-order valence-corrected chi connectivity index (χ4v) is 1.58. The zero-order valence-electron chi connectivity index (χ0n) is 7.73. The van der Waals surface area contributed by atoms with Gasteiger partial charge in [-0.2, -0.15) is 0 Å². The highest BCUT2D eigenvalue weighted by atomic mass is 16.5. The molecule has 0 N–H and O–H groups in total. The van der Waals surface area contributed by atoms with Gasteiger partial charge in [0.05, 0.1) is 11.8 Å². The van der Waals surface area contributed by atoms with E-state index in [0.29, 0.717) is 12.0 Å². The lowest BCUT2D eigenvalue weighted by Gasteiger charge is -2.00. The predicted molar refractivity (Wildman–Crippen MR) is 46.7 cm³/mol. The number of ether oxygens (including phenoxy) is 1. The van der Waals surface area contributed by atoms with E-state index in [1.54, 1.807) is 13.0 Å². The van der Waals surface area contributed by atoms with Crippen molar-refractivity contribution in [1.82, 2.24) is 0 Å². The molecule has 2 heterocycles. The number of ketones is 1. The Morgan fingerprint density at radius 2 is 2.36 bits per heavy atom. The van der Waals surface area contributed by atoms with Crippen LogP contribution in [0.15, 0.2) is 23.0 Å². The first kappa shape index (κ1) is 8.99. The molecule has 1 aliphatic rings. The van der Waals surface area contributed by atoms with E-state index in [0.717, 1.165) is 0 Å². The monoisotopic (exact) mass is 194 g/mol. The van der Waals surface area contributed by atoms with Gasteiger partial charge in [-0.1, -0.05) is 0 Å². The summed E-state index contributed by atoms with van der Waals surface area (Å²) in [5, 5.41) is 0. The largest absolute Gasteiger partial charge is 0.472 e. The number of hydrogen-bond acceptors (Lipinski definition) is 4. The highest BCUT2D eigenvalue weighted by molar-refractivity contribution is 6.09. The third-order valence-corrected chi connectivity index (χ3v) is 2.29. The molecule has 1 fully saturated rings. The Morgan fingerprint density at radius 3 is 2.86 bits per heavy atom. The molecule has 0 unspecified atom stereocenters. The standard InChI is InChI=1S/C10H10O4/c1-6-4-8(10(12)14-6)9(11)7-2-3-13-5-7/h2-3,5-6,8H,4H2,1H3/t6-,8-/m1/s1. The summed E-state index contributed by atoms with van der Waals surface area (Å²) in [4.78, 5) is 23.0. The van der Waals surface area contributed by atoms with Crippen LogP contribution in [0.25, 0.3) is 0 Å². The van der Waals surface area contributed by atoms with Crippen LogP contribution in [0, 0.1) is 5.92 Å². The molecule has 2 rings (SSSR count). The maximum atomic E-state index is 11.7. The first-order valence-corrected chi connectivity index (χ1v) is 4.45. The van der Waals surface area contributed by atoms with Gasteiger partial charge in [-0.15, -0.1) is 0 Å². The van der Waals surface area contributed by atoms with Crippen molar-refractivity contribution >= 4 is 11.8 Å². The third kappa shape index (κ3) is 1.43. The van der Waals surface area contributed by atoms with Gasteiger partial charge in [0.2, 0.25) is 0 Å². The number of rotatable bonds is 2. The van der Waals surface area contributed by atoms with E-state index in [9.17, 15) is 9.59 Å².